The Kier molecular flexibility index (Phi) is 5.84. The topological polar surface area (TPSA) is 96.6 Å². The van der Waals surface area contributed by atoms with Gasteiger partial charge in [-0.2, -0.15) is 5.26 Å². The number of likely N-dealkylation sites (tertiary alicyclic amines) is 1. The summed E-state index contributed by atoms with van der Waals surface area (Å²) in [6, 6.07) is 11.6. The molecule has 214 valence electrons. The van der Waals surface area contributed by atoms with E-state index in [0.29, 0.717) is 58.3 Å². The first-order chi connectivity index (χ1) is 20.0. The molecule has 4 aromatic rings. The molecule has 0 bridgehead atoms. The van der Waals surface area contributed by atoms with E-state index < -0.39 is 11.4 Å². The molecule has 0 atom stereocenters. The van der Waals surface area contributed by atoms with Crippen LogP contribution in [0.25, 0.3) is 22.2 Å². The largest absolute Gasteiger partial charge is 0.381 e. The molecule has 0 unspecified atom stereocenters. The number of anilines is 3. The Morgan fingerprint density at radius 2 is 1.83 bits per heavy atom. The van der Waals surface area contributed by atoms with Crippen molar-refractivity contribution in [1.29, 1.82) is 5.26 Å². The molecule has 1 aliphatic carbocycles. The number of aryl methyl sites for hydroxylation is 1. The van der Waals surface area contributed by atoms with Crippen molar-refractivity contribution in [3.8, 4) is 17.3 Å². The molecule has 2 aromatic heterocycles. The van der Waals surface area contributed by atoms with Crippen molar-refractivity contribution in [3.05, 3.63) is 64.2 Å². The second kappa shape index (κ2) is 9.18. The third-order valence-electron chi connectivity index (χ3n) is 8.53. The van der Waals surface area contributed by atoms with Crippen LogP contribution in [0.2, 0.25) is 0 Å². The van der Waals surface area contributed by atoms with E-state index in [2.05, 4.69) is 16.0 Å². The Balaban J connectivity index is 1.22. The fraction of sp³-hybridized carbons (Fsp3) is 0.355. The van der Waals surface area contributed by atoms with E-state index in [4.69, 9.17) is 4.98 Å². The second-order valence-electron chi connectivity index (χ2n) is 12.1. The molecule has 11 heteroatoms. The highest BCUT2D eigenvalue weighted by molar-refractivity contribution is 7.16. The molecule has 1 spiro atoms. The number of halogens is 2. The summed E-state index contributed by atoms with van der Waals surface area (Å²) in [5, 5.41) is 21.1. The molecule has 0 radical (unpaired) electrons. The zero-order valence-electron chi connectivity index (χ0n) is 23.4. The van der Waals surface area contributed by atoms with Crippen LogP contribution < -0.4 is 9.80 Å². The number of amides is 1. The third kappa shape index (κ3) is 4.12. The number of hydrogen-bond acceptors (Lipinski definition) is 8. The lowest BCUT2D eigenvalue weighted by atomic mass is 9.72. The quantitative estimate of drug-likeness (QED) is 0.359. The van der Waals surface area contributed by atoms with Gasteiger partial charge in [-0.15, -0.1) is 0 Å². The first kappa shape index (κ1) is 26.7. The first-order valence-corrected chi connectivity index (χ1v) is 14.6. The molecule has 2 fully saturated rings. The Hall–Kier alpha value is -4.14. The number of fused-ring (bicyclic) bond motifs is 2. The number of aromatic nitrogens is 2. The summed E-state index contributed by atoms with van der Waals surface area (Å²) in [5.41, 5.74) is 3.47. The summed E-state index contributed by atoms with van der Waals surface area (Å²) in [7, 11) is 1.87. The van der Waals surface area contributed by atoms with E-state index in [1.165, 1.54) is 43.4 Å². The normalized spacial score (nSPS) is 16.9. The van der Waals surface area contributed by atoms with Gasteiger partial charge in [-0.1, -0.05) is 11.3 Å². The number of carbonyl (C=O) groups is 1. The van der Waals surface area contributed by atoms with Crippen LogP contribution >= 0.6 is 11.3 Å². The molecular weight excluding hydrogens is 558 g/mol. The van der Waals surface area contributed by atoms with E-state index in [1.807, 2.05) is 18.0 Å². The predicted octanol–water partition coefficient (Wildman–Crippen LogP) is 4.79. The number of benzene rings is 2. The first-order valence-electron chi connectivity index (χ1n) is 13.8. The van der Waals surface area contributed by atoms with Crippen molar-refractivity contribution < 1.29 is 18.7 Å². The van der Waals surface area contributed by atoms with Gasteiger partial charge in [0.2, 0.25) is 0 Å². The molecule has 7 rings (SSSR count). The van der Waals surface area contributed by atoms with Crippen molar-refractivity contribution in [2.75, 3.05) is 43.0 Å². The van der Waals surface area contributed by atoms with Gasteiger partial charge in [0.05, 0.1) is 5.69 Å². The summed E-state index contributed by atoms with van der Waals surface area (Å²) in [6.45, 7) is 5.53. The zero-order valence-corrected chi connectivity index (χ0v) is 24.2. The Bertz CT molecular complexity index is 1810. The van der Waals surface area contributed by atoms with E-state index in [-0.39, 0.29) is 17.1 Å². The lowest BCUT2D eigenvalue weighted by molar-refractivity contribution is -0.162. The van der Waals surface area contributed by atoms with Gasteiger partial charge < -0.3 is 19.8 Å². The standard InChI is InChI=1S/C31H28F2N6O2S/c1-30(2,41)28(40)39-15-31(16-39)13-38(14-31)19-10-21-26(22(33)11-19)35-23-9-8-20(23)27(21)37(3)29-36-25(24(12-34)42-29)17-4-6-18(32)7-5-17/h4-7,10-11,41H,8-9,13-16H2,1-3H3. The van der Waals surface area contributed by atoms with Gasteiger partial charge in [0.25, 0.3) is 5.91 Å². The van der Waals surface area contributed by atoms with Crippen molar-refractivity contribution in [3.63, 3.8) is 0 Å². The molecule has 1 N–H and O–H groups in total. The fourth-order valence-corrected chi connectivity index (χ4v) is 7.20. The SMILES string of the molecule is CN(c1nc(-c2ccc(F)cc2)c(C#N)s1)c1c2c(nc3c(F)cc(N4CC5(CN(C(=O)C(C)(C)O)C5)C4)cc13)CC2. The van der Waals surface area contributed by atoms with Crippen molar-refractivity contribution in [2.45, 2.75) is 32.3 Å². The maximum Gasteiger partial charge on any atom is 0.253 e. The number of nitrogens with zero attached hydrogens (tertiary/aromatic N) is 6. The van der Waals surface area contributed by atoms with Gasteiger partial charge in [-0.05, 0) is 68.7 Å². The molecule has 2 aliphatic heterocycles. The maximum atomic E-state index is 15.6. The Morgan fingerprint density at radius 3 is 2.45 bits per heavy atom. The van der Waals surface area contributed by atoms with E-state index in [1.54, 1.807) is 17.0 Å². The molecule has 2 saturated heterocycles. The summed E-state index contributed by atoms with van der Waals surface area (Å²) in [6.07, 6.45) is 1.58. The van der Waals surface area contributed by atoms with Crippen LogP contribution in [0.5, 0.6) is 0 Å². The number of nitriles is 1. The van der Waals surface area contributed by atoms with E-state index >= 15 is 4.39 Å². The predicted molar refractivity (Wildman–Crippen MR) is 157 cm³/mol. The van der Waals surface area contributed by atoms with E-state index in [0.717, 1.165) is 35.5 Å². The summed E-state index contributed by atoms with van der Waals surface area (Å²) < 4.78 is 29.2. The van der Waals surface area contributed by atoms with Crippen LogP contribution in [0.3, 0.4) is 0 Å². The number of aliphatic hydroxyl groups is 1. The number of rotatable bonds is 5. The lowest BCUT2D eigenvalue weighted by Crippen LogP contribution is -2.74. The van der Waals surface area contributed by atoms with Crippen molar-refractivity contribution >= 4 is 44.7 Å². The molecule has 8 nitrogen and oxygen atoms in total. The Labute approximate surface area is 245 Å². The number of thiazole rings is 1. The van der Waals surface area contributed by atoms with Gasteiger partial charge >= 0.3 is 0 Å². The molecule has 0 saturated carbocycles. The average molecular weight is 587 g/mol. The zero-order chi connectivity index (χ0) is 29.6. The van der Waals surface area contributed by atoms with Gasteiger partial charge in [0.1, 0.15) is 33.6 Å². The van der Waals surface area contributed by atoms with Crippen molar-refractivity contribution in [1.82, 2.24) is 14.9 Å². The van der Waals surface area contributed by atoms with Crippen LogP contribution in [0, 0.1) is 28.4 Å². The fourth-order valence-electron chi connectivity index (χ4n) is 6.35. The minimum absolute atomic E-state index is 0.0456. The molecule has 42 heavy (non-hydrogen) atoms. The van der Waals surface area contributed by atoms with Gasteiger partial charge in [-0.3, -0.25) is 4.79 Å². The molecule has 2 aromatic carbocycles. The molecule has 3 aliphatic rings. The number of hydrogen-bond donors (Lipinski definition) is 1. The minimum atomic E-state index is -1.39. The van der Waals surface area contributed by atoms with Gasteiger partial charge in [-0.25, -0.2) is 18.7 Å². The summed E-state index contributed by atoms with van der Waals surface area (Å²) in [5.74, 6) is -1.04. The van der Waals surface area contributed by atoms with Gasteiger partial charge in [0, 0.05) is 61.0 Å². The van der Waals surface area contributed by atoms with Crippen LogP contribution in [0.15, 0.2) is 36.4 Å². The highest BCUT2D eigenvalue weighted by Crippen LogP contribution is 2.47. The second-order valence-corrected chi connectivity index (χ2v) is 13.1. The summed E-state index contributed by atoms with van der Waals surface area (Å²) in [4.78, 5) is 27.9. The summed E-state index contributed by atoms with van der Waals surface area (Å²) >= 11 is 1.24. The Morgan fingerprint density at radius 1 is 1.12 bits per heavy atom. The third-order valence-corrected chi connectivity index (χ3v) is 9.57. The van der Waals surface area contributed by atoms with Crippen molar-refractivity contribution in [2.24, 2.45) is 5.41 Å². The number of pyridine rings is 1. The highest BCUT2D eigenvalue weighted by atomic mass is 32.1. The van der Waals surface area contributed by atoms with Crippen LogP contribution in [-0.2, 0) is 17.6 Å². The number of carbonyl (C=O) groups excluding carboxylic acids is 1. The van der Waals surface area contributed by atoms with Gasteiger partial charge in [0.15, 0.2) is 10.9 Å². The molecule has 4 heterocycles. The van der Waals surface area contributed by atoms with Crippen LogP contribution in [0.1, 0.15) is 30.0 Å². The highest BCUT2D eigenvalue weighted by Gasteiger charge is 2.54. The smallest absolute Gasteiger partial charge is 0.253 e. The molecular formula is C31H28F2N6O2S. The lowest BCUT2D eigenvalue weighted by Gasteiger charge is -2.61. The van der Waals surface area contributed by atoms with E-state index in [9.17, 15) is 19.6 Å². The molecule has 1 amide bonds. The monoisotopic (exact) mass is 586 g/mol. The maximum absolute atomic E-state index is 15.6. The minimum Gasteiger partial charge on any atom is -0.381 e. The average Bonchev–Trinajstić information content (AvgIpc) is 3.32. The van der Waals surface area contributed by atoms with Crippen LogP contribution in [0.4, 0.5) is 25.3 Å². The van der Waals surface area contributed by atoms with Crippen LogP contribution in [-0.4, -0.2) is 64.7 Å².